The lowest BCUT2D eigenvalue weighted by molar-refractivity contribution is -0.116. The van der Waals surface area contributed by atoms with Crippen molar-refractivity contribution in [1.29, 1.82) is 0 Å². The second kappa shape index (κ2) is 6.77. The molecule has 0 spiro atoms. The Hall–Kier alpha value is -1.18. The SMILES string of the molecule is O=C1CCC[C@H]1Sc1nc2sc3c(c2c(=O)n1C[C@@H]1CCCO1)CCC3. The highest BCUT2D eigenvalue weighted by atomic mass is 32.2. The number of aromatic nitrogens is 2. The Balaban J connectivity index is 1.61. The summed E-state index contributed by atoms with van der Waals surface area (Å²) in [5.74, 6) is 0.293. The van der Waals surface area contributed by atoms with Gasteiger partial charge < -0.3 is 4.74 Å². The Morgan fingerprint density at radius 1 is 1.15 bits per heavy atom. The molecule has 26 heavy (non-hydrogen) atoms. The van der Waals surface area contributed by atoms with Gasteiger partial charge in [0.1, 0.15) is 10.6 Å². The quantitative estimate of drug-likeness (QED) is 0.750. The minimum absolute atomic E-state index is 0.0538. The van der Waals surface area contributed by atoms with Crippen LogP contribution in [-0.2, 0) is 28.9 Å². The predicted octanol–water partition coefficient (Wildman–Crippen LogP) is 3.34. The van der Waals surface area contributed by atoms with E-state index in [0.717, 1.165) is 61.8 Å². The second-order valence-corrected chi connectivity index (χ2v) is 9.70. The zero-order valence-electron chi connectivity index (χ0n) is 14.7. The summed E-state index contributed by atoms with van der Waals surface area (Å²) in [7, 11) is 0. The molecule has 1 saturated carbocycles. The third kappa shape index (κ3) is 2.84. The number of hydrogen-bond donors (Lipinski definition) is 0. The molecule has 0 aromatic carbocycles. The molecule has 2 aliphatic carbocycles. The first-order valence-electron chi connectivity index (χ1n) is 9.57. The molecule has 5 nitrogen and oxygen atoms in total. The highest BCUT2D eigenvalue weighted by molar-refractivity contribution is 8.00. The molecule has 0 radical (unpaired) electrons. The van der Waals surface area contributed by atoms with Gasteiger partial charge in [0.2, 0.25) is 0 Å². The largest absolute Gasteiger partial charge is 0.376 e. The molecule has 5 rings (SSSR count). The number of carbonyl (C=O) groups is 1. The van der Waals surface area contributed by atoms with Crippen LogP contribution in [0.4, 0.5) is 0 Å². The highest BCUT2D eigenvalue weighted by Crippen LogP contribution is 2.37. The van der Waals surface area contributed by atoms with E-state index in [1.165, 1.54) is 22.2 Å². The van der Waals surface area contributed by atoms with Gasteiger partial charge in [0.15, 0.2) is 5.16 Å². The van der Waals surface area contributed by atoms with Crippen LogP contribution in [0.5, 0.6) is 0 Å². The molecule has 2 aromatic heterocycles. The molecular weight excluding hydrogens is 368 g/mol. The van der Waals surface area contributed by atoms with Crippen molar-refractivity contribution in [3.8, 4) is 0 Å². The number of carbonyl (C=O) groups excluding carboxylic acids is 1. The maximum Gasteiger partial charge on any atom is 0.263 e. The van der Waals surface area contributed by atoms with Crippen LogP contribution in [0.3, 0.4) is 0 Å². The Morgan fingerprint density at radius 2 is 2.08 bits per heavy atom. The topological polar surface area (TPSA) is 61.2 Å². The van der Waals surface area contributed by atoms with E-state index in [4.69, 9.17) is 9.72 Å². The Morgan fingerprint density at radius 3 is 2.85 bits per heavy atom. The van der Waals surface area contributed by atoms with Crippen molar-refractivity contribution in [1.82, 2.24) is 9.55 Å². The van der Waals surface area contributed by atoms with Gasteiger partial charge in [0, 0.05) is 17.9 Å². The molecule has 2 fully saturated rings. The normalized spacial score (nSPS) is 25.5. The number of hydrogen-bond acceptors (Lipinski definition) is 6. The van der Waals surface area contributed by atoms with E-state index >= 15 is 0 Å². The van der Waals surface area contributed by atoms with Crippen LogP contribution < -0.4 is 5.56 Å². The first-order valence-corrected chi connectivity index (χ1v) is 11.3. The first-order chi connectivity index (χ1) is 12.7. The standard InChI is InChI=1S/C19H22N2O3S2/c22-13-6-2-8-15(13)26-19-20-17-16(12-5-1-7-14(12)25-17)18(23)21(19)10-11-4-3-9-24-11/h11,15H,1-10H2/t11-,15+/m0/s1. The van der Waals surface area contributed by atoms with Gasteiger partial charge in [-0.1, -0.05) is 11.8 Å². The first kappa shape index (κ1) is 17.0. The molecule has 7 heteroatoms. The molecule has 3 heterocycles. The summed E-state index contributed by atoms with van der Waals surface area (Å²) in [5.41, 5.74) is 1.29. The lowest BCUT2D eigenvalue weighted by atomic mass is 10.2. The Labute approximate surface area is 160 Å². The van der Waals surface area contributed by atoms with Gasteiger partial charge in [-0.15, -0.1) is 11.3 Å². The number of thiophene rings is 1. The van der Waals surface area contributed by atoms with Gasteiger partial charge in [-0.05, 0) is 50.5 Å². The molecule has 1 saturated heterocycles. The van der Waals surface area contributed by atoms with Crippen molar-refractivity contribution in [2.45, 2.75) is 74.4 Å². The summed E-state index contributed by atoms with van der Waals surface area (Å²) in [6.07, 6.45) is 7.78. The number of aryl methyl sites for hydroxylation is 2. The van der Waals surface area contributed by atoms with E-state index in [1.807, 2.05) is 0 Å². The predicted molar refractivity (Wildman–Crippen MR) is 103 cm³/mol. The van der Waals surface area contributed by atoms with Crippen molar-refractivity contribution in [2.24, 2.45) is 0 Å². The minimum Gasteiger partial charge on any atom is -0.376 e. The van der Waals surface area contributed by atoms with E-state index in [1.54, 1.807) is 15.9 Å². The van der Waals surface area contributed by atoms with Gasteiger partial charge in [-0.25, -0.2) is 4.98 Å². The third-order valence-corrected chi connectivity index (χ3v) is 8.19. The number of ether oxygens (including phenoxy) is 1. The Kier molecular flexibility index (Phi) is 4.41. The fourth-order valence-corrected chi connectivity index (χ4v) is 6.86. The van der Waals surface area contributed by atoms with Gasteiger partial charge in [0.05, 0.1) is 23.3 Å². The van der Waals surface area contributed by atoms with Crippen LogP contribution in [0.25, 0.3) is 10.2 Å². The molecule has 3 aliphatic rings. The van der Waals surface area contributed by atoms with E-state index in [9.17, 15) is 9.59 Å². The number of Topliss-reactive ketones (excluding diaryl/α,β-unsaturated/α-hetero) is 1. The molecule has 0 N–H and O–H groups in total. The fourth-order valence-electron chi connectivity index (χ4n) is 4.34. The molecule has 2 aromatic rings. The summed E-state index contributed by atoms with van der Waals surface area (Å²) in [6, 6.07) is 0. The maximum absolute atomic E-state index is 13.4. The number of ketones is 1. The van der Waals surface area contributed by atoms with Crippen LogP contribution >= 0.6 is 23.1 Å². The molecular formula is C19H22N2O3S2. The van der Waals surface area contributed by atoms with Crippen LogP contribution in [-0.4, -0.2) is 33.3 Å². The van der Waals surface area contributed by atoms with Gasteiger partial charge in [0.25, 0.3) is 5.56 Å². The maximum atomic E-state index is 13.4. The van der Waals surface area contributed by atoms with E-state index < -0.39 is 0 Å². The zero-order chi connectivity index (χ0) is 17.7. The lowest BCUT2D eigenvalue weighted by Crippen LogP contribution is -2.29. The van der Waals surface area contributed by atoms with Crippen LogP contribution in [0, 0.1) is 0 Å². The smallest absolute Gasteiger partial charge is 0.263 e. The minimum atomic E-state index is -0.0538. The summed E-state index contributed by atoms with van der Waals surface area (Å²) < 4.78 is 7.59. The average molecular weight is 391 g/mol. The van der Waals surface area contributed by atoms with Crippen LogP contribution in [0.1, 0.15) is 49.0 Å². The number of fused-ring (bicyclic) bond motifs is 3. The molecule has 2 atom stereocenters. The van der Waals surface area contributed by atoms with Gasteiger partial charge in [-0.3, -0.25) is 14.2 Å². The molecule has 1 aliphatic heterocycles. The average Bonchev–Trinajstić information content (AvgIpc) is 3.37. The monoisotopic (exact) mass is 390 g/mol. The number of rotatable bonds is 4. The lowest BCUT2D eigenvalue weighted by Gasteiger charge is -2.17. The number of nitrogens with zero attached hydrogens (tertiary/aromatic N) is 2. The fraction of sp³-hybridized carbons (Fsp3) is 0.632. The van der Waals surface area contributed by atoms with Crippen molar-refractivity contribution in [3.63, 3.8) is 0 Å². The van der Waals surface area contributed by atoms with E-state index in [-0.39, 0.29) is 16.9 Å². The van der Waals surface area contributed by atoms with Crippen molar-refractivity contribution < 1.29 is 9.53 Å². The highest BCUT2D eigenvalue weighted by Gasteiger charge is 2.30. The van der Waals surface area contributed by atoms with Gasteiger partial charge >= 0.3 is 0 Å². The summed E-state index contributed by atoms with van der Waals surface area (Å²) in [6.45, 7) is 1.32. The van der Waals surface area contributed by atoms with Gasteiger partial charge in [-0.2, -0.15) is 0 Å². The van der Waals surface area contributed by atoms with E-state index in [2.05, 4.69) is 0 Å². The zero-order valence-corrected chi connectivity index (χ0v) is 16.3. The molecule has 138 valence electrons. The van der Waals surface area contributed by atoms with E-state index in [0.29, 0.717) is 23.9 Å². The van der Waals surface area contributed by atoms with Crippen molar-refractivity contribution >= 4 is 39.1 Å². The second-order valence-electron chi connectivity index (χ2n) is 7.45. The van der Waals surface area contributed by atoms with Crippen molar-refractivity contribution in [2.75, 3.05) is 6.61 Å². The Bertz CT molecular complexity index is 927. The van der Waals surface area contributed by atoms with Crippen LogP contribution in [0.15, 0.2) is 9.95 Å². The molecule has 0 bridgehead atoms. The summed E-state index contributed by atoms with van der Waals surface area (Å²) in [4.78, 5) is 32.6. The number of thioether (sulfide) groups is 1. The van der Waals surface area contributed by atoms with Crippen LogP contribution in [0.2, 0.25) is 0 Å². The summed E-state index contributed by atoms with van der Waals surface area (Å²) >= 11 is 3.16. The molecule has 0 amide bonds. The molecule has 0 unspecified atom stereocenters. The third-order valence-electron chi connectivity index (χ3n) is 5.70. The van der Waals surface area contributed by atoms with Crippen molar-refractivity contribution in [3.05, 3.63) is 20.8 Å². The summed E-state index contributed by atoms with van der Waals surface area (Å²) in [5, 5.41) is 1.47.